The molecule has 31 heavy (non-hydrogen) atoms. The van der Waals surface area contributed by atoms with Crippen molar-refractivity contribution in [2.75, 3.05) is 0 Å². The number of hydrogen-bond donors (Lipinski definition) is 1. The molecule has 0 spiro atoms. The van der Waals surface area contributed by atoms with Crippen molar-refractivity contribution >= 4 is 38.9 Å². The Hall–Kier alpha value is -2.45. The Labute approximate surface area is 190 Å². The standard InChI is InChI=1S/C23H20ClNO4S2/c1-15-4-10-18(11-5-15)31(28,29)25-20(21-3-2-14-30-21)13-12-19(23(26)27)22(25)16-6-8-17(24)9-7-16/h2-12,14,20,22H,13H2,1H3,(H,26,27)/t20-,22-/m0/s1. The fourth-order valence-corrected chi connectivity index (χ4v) is 6.61. The largest absolute Gasteiger partial charge is 0.478 e. The number of aliphatic carboxylic acids is 1. The maximum atomic E-state index is 13.9. The quantitative estimate of drug-likeness (QED) is 0.523. The van der Waals surface area contributed by atoms with Crippen LogP contribution in [0.15, 0.2) is 82.6 Å². The first kappa shape index (κ1) is 21.8. The molecule has 0 amide bonds. The molecule has 0 bridgehead atoms. The van der Waals surface area contributed by atoms with Crippen molar-refractivity contribution in [3.8, 4) is 0 Å². The molecule has 0 fully saturated rings. The van der Waals surface area contributed by atoms with Crippen LogP contribution in [0, 0.1) is 6.92 Å². The van der Waals surface area contributed by atoms with Gasteiger partial charge in [-0.2, -0.15) is 4.31 Å². The number of thiophene rings is 1. The maximum absolute atomic E-state index is 13.9. The monoisotopic (exact) mass is 473 g/mol. The minimum atomic E-state index is -4.03. The molecular formula is C23H20ClNO4S2. The lowest BCUT2D eigenvalue weighted by Gasteiger charge is -2.40. The number of carbonyl (C=O) groups is 1. The van der Waals surface area contributed by atoms with Crippen molar-refractivity contribution in [1.29, 1.82) is 0 Å². The van der Waals surface area contributed by atoms with E-state index < -0.39 is 28.1 Å². The van der Waals surface area contributed by atoms with E-state index in [2.05, 4.69) is 0 Å². The van der Waals surface area contributed by atoms with Crippen LogP contribution in [0.4, 0.5) is 0 Å². The summed E-state index contributed by atoms with van der Waals surface area (Å²) in [6, 6.07) is 15.5. The number of hydrogen-bond acceptors (Lipinski definition) is 4. The summed E-state index contributed by atoms with van der Waals surface area (Å²) >= 11 is 7.49. The predicted molar refractivity (Wildman–Crippen MR) is 122 cm³/mol. The van der Waals surface area contributed by atoms with Gasteiger partial charge in [-0.05, 0) is 54.6 Å². The Morgan fingerprint density at radius 2 is 1.77 bits per heavy atom. The van der Waals surface area contributed by atoms with Crippen molar-refractivity contribution in [1.82, 2.24) is 4.31 Å². The van der Waals surface area contributed by atoms with Gasteiger partial charge in [-0.25, -0.2) is 13.2 Å². The van der Waals surface area contributed by atoms with Crippen LogP contribution in [0.1, 0.15) is 34.5 Å². The van der Waals surface area contributed by atoms with Crippen molar-refractivity contribution in [2.45, 2.75) is 30.3 Å². The van der Waals surface area contributed by atoms with Crippen molar-refractivity contribution in [2.24, 2.45) is 0 Å². The van der Waals surface area contributed by atoms with Crippen LogP contribution in [0.2, 0.25) is 5.02 Å². The summed E-state index contributed by atoms with van der Waals surface area (Å²) in [5, 5.41) is 12.3. The van der Waals surface area contributed by atoms with Gasteiger partial charge in [0.25, 0.3) is 0 Å². The molecular weight excluding hydrogens is 454 g/mol. The summed E-state index contributed by atoms with van der Waals surface area (Å²) in [5.74, 6) is -1.14. The molecule has 4 rings (SSSR count). The minimum absolute atomic E-state index is 0.0332. The van der Waals surface area contributed by atoms with E-state index in [1.54, 1.807) is 54.6 Å². The molecule has 2 heterocycles. The van der Waals surface area contributed by atoms with E-state index in [-0.39, 0.29) is 16.9 Å². The Bertz CT molecular complexity index is 1220. The molecule has 8 heteroatoms. The highest BCUT2D eigenvalue weighted by molar-refractivity contribution is 7.89. The molecule has 1 aliphatic heterocycles. The van der Waals surface area contributed by atoms with Gasteiger partial charge in [-0.1, -0.05) is 53.6 Å². The molecule has 0 aliphatic carbocycles. The minimum Gasteiger partial charge on any atom is -0.478 e. The van der Waals surface area contributed by atoms with Gasteiger partial charge in [-0.3, -0.25) is 0 Å². The number of sulfonamides is 1. The van der Waals surface area contributed by atoms with Crippen LogP contribution in [-0.2, 0) is 14.8 Å². The van der Waals surface area contributed by atoms with Gasteiger partial charge < -0.3 is 5.11 Å². The Morgan fingerprint density at radius 1 is 1.10 bits per heavy atom. The number of halogens is 1. The van der Waals surface area contributed by atoms with E-state index in [0.29, 0.717) is 10.6 Å². The molecule has 0 unspecified atom stereocenters. The molecule has 1 aliphatic rings. The summed E-state index contributed by atoms with van der Waals surface area (Å²) < 4.78 is 29.2. The highest BCUT2D eigenvalue weighted by Gasteiger charge is 2.44. The third-order valence-corrected chi connectivity index (χ3v) is 8.43. The van der Waals surface area contributed by atoms with Gasteiger partial charge in [0.1, 0.15) is 0 Å². The van der Waals surface area contributed by atoms with Gasteiger partial charge in [0.15, 0.2) is 0 Å². The number of carboxylic acid groups (broad SMARTS) is 1. The first-order valence-electron chi connectivity index (χ1n) is 9.61. The molecule has 1 N–H and O–H groups in total. The summed E-state index contributed by atoms with van der Waals surface area (Å²) in [6.45, 7) is 1.88. The molecule has 2 atom stereocenters. The third kappa shape index (κ3) is 4.19. The lowest BCUT2D eigenvalue weighted by molar-refractivity contribution is -0.133. The van der Waals surface area contributed by atoms with Crippen molar-refractivity contribution in [3.05, 3.63) is 98.7 Å². The molecule has 5 nitrogen and oxygen atoms in total. The van der Waals surface area contributed by atoms with Gasteiger partial charge in [0.2, 0.25) is 10.0 Å². The van der Waals surface area contributed by atoms with Gasteiger partial charge in [0.05, 0.1) is 22.6 Å². The molecule has 0 radical (unpaired) electrons. The van der Waals surface area contributed by atoms with E-state index >= 15 is 0 Å². The molecule has 1 aromatic heterocycles. The average Bonchev–Trinajstić information content (AvgIpc) is 3.28. The fourth-order valence-electron chi connectivity index (χ4n) is 3.81. The predicted octanol–water partition coefficient (Wildman–Crippen LogP) is 5.60. The zero-order valence-electron chi connectivity index (χ0n) is 16.6. The van der Waals surface area contributed by atoms with E-state index in [1.165, 1.54) is 15.6 Å². The SMILES string of the molecule is Cc1ccc(S(=O)(=O)N2[C@@H](c3ccc(Cl)cc3)C(C(=O)O)=CC[C@H]2c2cccs2)cc1. The van der Waals surface area contributed by atoms with Crippen LogP contribution in [0.5, 0.6) is 0 Å². The van der Waals surface area contributed by atoms with Gasteiger partial charge in [-0.15, -0.1) is 11.3 Å². The topological polar surface area (TPSA) is 74.7 Å². The number of nitrogens with zero attached hydrogens (tertiary/aromatic N) is 1. The third-order valence-electron chi connectivity index (χ3n) is 5.32. The Balaban J connectivity index is 1.95. The van der Waals surface area contributed by atoms with Crippen LogP contribution < -0.4 is 0 Å². The normalized spacial score (nSPS) is 19.7. The lowest BCUT2D eigenvalue weighted by Crippen LogP contribution is -2.42. The second-order valence-electron chi connectivity index (χ2n) is 7.33. The summed E-state index contributed by atoms with van der Waals surface area (Å²) in [4.78, 5) is 13.1. The number of rotatable bonds is 5. The average molecular weight is 474 g/mol. The zero-order valence-corrected chi connectivity index (χ0v) is 19.0. The lowest BCUT2D eigenvalue weighted by atomic mass is 9.91. The highest BCUT2D eigenvalue weighted by Crippen LogP contribution is 2.46. The molecule has 0 saturated heterocycles. The van der Waals surface area contributed by atoms with Crippen LogP contribution in [0.3, 0.4) is 0 Å². The summed E-state index contributed by atoms with van der Waals surface area (Å²) in [7, 11) is -4.03. The zero-order chi connectivity index (χ0) is 22.2. The second kappa shape index (κ2) is 8.59. The first-order valence-corrected chi connectivity index (χ1v) is 12.3. The summed E-state index contributed by atoms with van der Waals surface area (Å²) in [6.07, 6.45) is 1.91. The van der Waals surface area contributed by atoms with Crippen LogP contribution >= 0.6 is 22.9 Å². The number of carboxylic acids is 1. The molecule has 3 aromatic rings. The van der Waals surface area contributed by atoms with Crippen LogP contribution in [-0.4, -0.2) is 23.8 Å². The highest BCUT2D eigenvalue weighted by atomic mass is 35.5. The van der Waals surface area contributed by atoms with E-state index in [9.17, 15) is 18.3 Å². The number of benzene rings is 2. The maximum Gasteiger partial charge on any atom is 0.333 e. The fraction of sp³-hybridized carbons (Fsp3) is 0.174. The van der Waals surface area contributed by atoms with Crippen LogP contribution in [0.25, 0.3) is 0 Å². The van der Waals surface area contributed by atoms with Gasteiger partial charge in [0, 0.05) is 9.90 Å². The van der Waals surface area contributed by atoms with E-state index in [0.717, 1.165) is 10.4 Å². The summed E-state index contributed by atoms with van der Waals surface area (Å²) in [5.41, 5.74) is 1.52. The smallest absolute Gasteiger partial charge is 0.333 e. The Morgan fingerprint density at radius 3 is 2.35 bits per heavy atom. The molecule has 0 saturated carbocycles. The number of aryl methyl sites for hydroxylation is 1. The van der Waals surface area contributed by atoms with E-state index in [4.69, 9.17) is 11.6 Å². The van der Waals surface area contributed by atoms with E-state index in [1.807, 2.05) is 24.4 Å². The van der Waals surface area contributed by atoms with Crippen molar-refractivity contribution in [3.63, 3.8) is 0 Å². The van der Waals surface area contributed by atoms with Crippen molar-refractivity contribution < 1.29 is 18.3 Å². The second-order valence-corrected chi connectivity index (χ2v) is 10.6. The molecule has 160 valence electrons. The first-order chi connectivity index (χ1) is 14.8. The molecule has 2 aromatic carbocycles. The Kier molecular flexibility index (Phi) is 6.03. The van der Waals surface area contributed by atoms with Gasteiger partial charge >= 0.3 is 5.97 Å².